The standard InChI is InChI=1S/C13H18BrNO/c14-11-5-3-4-10(8-11)9-13(16)12-6-1-2-7-15-12/h3-5,8,12-13,15-16H,1-2,6-7,9H2. The van der Waals surface area contributed by atoms with E-state index in [9.17, 15) is 5.11 Å². The number of rotatable bonds is 3. The minimum Gasteiger partial charge on any atom is -0.391 e. The molecule has 0 amide bonds. The quantitative estimate of drug-likeness (QED) is 0.894. The van der Waals surface area contributed by atoms with Gasteiger partial charge in [0.2, 0.25) is 0 Å². The second kappa shape index (κ2) is 5.80. The van der Waals surface area contributed by atoms with Gasteiger partial charge in [-0.2, -0.15) is 0 Å². The molecule has 2 N–H and O–H groups in total. The molecule has 0 spiro atoms. The molecule has 1 aliphatic rings. The third kappa shape index (κ3) is 3.30. The van der Waals surface area contributed by atoms with Crippen molar-refractivity contribution < 1.29 is 5.11 Å². The summed E-state index contributed by atoms with van der Waals surface area (Å²) in [7, 11) is 0. The molecule has 0 aromatic heterocycles. The summed E-state index contributed by atoms with van der Waals surface area (Å²) in [6.45, 7) is 1.04. The molecule has 0 aliphatic carbocycles. The minimum atomic E-state index is -0.269. The Bertz CT molecular complexity index is 336. The summed E-state index contributed by atoms with van der Waals surface area (Å²) in [5.41, 5.74) is 1.19. The van der Waals surface area contributed by atoms with E-state index in [1.165, 1.54) is 18.4 Å². The van der Waals surface area contributed by atoms with Crippen LogP contribution in [0.2, 0.25) is 0 Å². The van der Waals surface area contributed by atoms with Crippen molar-refractivity contribution in [1.29, 1.82) is 0 Å². The van der Waals surface area contributed by atoms with Gasteiger partial charge in [0.25, 0.3) is 0 Å². The van der Waals surface area contributed by atoms with E-state index >= 15 is 0 Å². The first kappa shape index (κ1) is 12.1. The van der Waals surface area contributed by atoms with E-state index in [2.05, 4.69) is 33.4 Å². The molecule has 1 saturated heterocycles. The molecule has 1 aromatic rings. The summed E-state index contributed by atoms with van der Waals surface area (Å²) in [4.78, 5) is 0. The van der Waals surface area contributed by atoms with Crippen LogP contribution in [0.5, 0.6) is 0 Å². The van der Waals surface area contributed by atoms with E-state index in [0.717, 1.165) is 23.9 Å². The van der Waals surface area contributed by atoms with Crippen molar-refractivity contribution in [3.05, 3.63) is 34.3 Å². The molecule has 2 rings (SSSR count). The predicted octanol–water partition coefficient (Wildman–Crippen LogP) is 2.49. The predicted molar refractivity (Wildman–Crippen MR) is 69.5 cm³/mol. The van der Waals surface area contributed by atoms with Crippen LogP contribution in [-0.4, -0.2) is 23.8 Å². The van der Waals surface area contributed by atoms with Crippen molar-refractivity contribution in [3.63, 3.8) is 0 Å². The fourth-order valence-electron chi connectivity index (χ4n) is 2.25. The van der Waals surface area contributed by atoms with Crippen LogP contribution in [0.3, 0.4) is 0 Å². The van der Waals surface area contributed by atoms with Gasteiger partial charge in [0.15, 0.2) is 0 Å². The van der Waals surface area contributed by atoms with E-state index in [4.69, 9.17) is 0 Å². The maximum absolute atomic E-state index is 10.1. The molecule has 2 atom stereocenters. The van der Waals surface area contributed by atoms with Crippen molar-refractivity contribution in [2.75, 3.05) is 6.54 Å². The number of aliphatic hydroxyl groups excluding tert-OH is 1. The highest BCUT2D eigenvalue weighted by Gasteiger charge is 2.21. The van der Waals surface area contributed by atoms with Crippen molar-refractivity contribution in [2.24, 2.45) is 0 Å². The van der Waals surface area contributed by atoms with Gasteiger partial charge in [-0.05, 0) is 43.5 Å². The molecular weight excluding hydrogens is 266 g/mol. The van der Waals surface area contributed by atoms with Crippen LogP contribution < -0.4 is 5.32 Å². The summed E-state index contributed by atoms with van der Waals surface area (Å²) < 4.78 is 1.08. The van der Waals surface area contributed by atoms with Crippen LogP contribution in [0.4, 0.5) is 0 Å². The number of hydrogen-bond donors (Lipinski definition) is 2. The Kier molecular flexibility index (Phi) is 4.38. The molecule has 2 nitrogen and oxygen atoms in total. The van der Waals surface area contributed by atoms with Crippen LogP contribution >= 0.6 is 15.9 Å². The first-order chi connectivity index (χ1) is 7.75. The minimum absolute atomic E-state index is 0.269. The molecule has 1 aromatic carbocycles. The van der Waals surface area contributed by atoms with E-state index in [0.29, 0.717) is 0 Å². The number of nitrogens with one attached hydrogen (secondary N) is 1. The Morgan fingerprint density at radius 2 is 2.31 bits per heavy atom. The van der Waals surface area contributed by atoms with Crippen molar-refractivity contribution in [3.8, 4) is 0 Å². The Morgan fingerprint density at radius 3 is 3.00 bits per heavy atom. The summed E-state index contributed by atoms with van der Waals surface area (Å²) in [6, 6.07) is 8.44. The number of piperidine rings is 1. The van der Waals surface area contributed by atoms with Crippen LogP contribution in [-0.2, 0) is 6.42 Å². The van der Waals surface area contributed by atoms with Gasteiger partial charge in [-0.3, -0.25) is 0 Å². The average Bonchev–Trinajstić information content (AvgIpc) is 2.30. The monoisotopic (exact) mass is 283 g/mol. The molecule has 1 aliphatic heterocycles. The van der Waals surface area contributed by atoms with Crippen molar-refractivity contribution >= 4 is 15.9 Å². The second-order valence-corrected chi connectivity index (χ2v) is 5.37. The zero-order valence-electron chi connectivity index (χ0n) is 9.32. The highest BCUT2D eigenvalue weighted by Crippen LogP contribution is 2.17. The third-order valence-electron chi connectivity index (χ3n) is 3.15. The first-order valence-corrected chi connectivity index (χ1v) is 6.71. The molecule has 1 heterocycles. The van der Waals surface area contributed by atoms with Crippen LogP contribution in [0.25, 0.3) is 0 Å². The lowest BCUT2D eigenvalue weighted by atomic mass is 9.95. The highest BCUT2D eigenvalue weighted by atomic mass is 79.9. The van der Waals surface area contributed by atoms with Crippen molar-refractivity contribution in [2.45, 2.75) is 37.8 Å². The van der Waals surface area contributed by atoms with Crippen LogP contribution in [0.1, 0.15) is 24.8 Å². The maximum atomic E-state index is 10.1. The molecule has 16 heavy (non-hydrogen) atoms. The van der Waals surface area contributed by atoms with E-state index < -0.39 is 0 Å². The second-order valence-electron chi connectivity index (χ2n) is 4.46. The Balaban J connectivity index is 1.93. The van der Waals surface area contributed by atoms with Gasteiger partial charge >= 0.3 is 0 Å². The summed E-state index contributed by atoms with van der Waals surface area (Å²) in [5, 5.41) is 13.5. The lowest BCUT2D eigenvalue weighted by molar-refractivity contribution is 0.113. The topological polar surface area (TPSA) is 32.3 Å². The zero-order chi connectivity index (χ0) is 11.4. The Morgan fingerprint density at radius 1 is 1.44 bits per heavy atom. The molecule has 0 radical (unpaired) electrons. The lowest BCUT2D eigenvalue weighted by Gasteiger charge is -2.28. The van der Waals surface area contributed by atoms with Gasteiger partial charge in [0.05, 0.1) is 6.10 Å². The number of benzene rings is 1. The molecule has 2 unspecified atom stereocenters. The van der Waals surface area contributed by atoms with Gasteiger partial charge in [0, 0.05) is 10.5 Å². The lowest BCUT2D eigenvalue weighted by Crippen LogP contribution is -2.44. The van der Waals surface area contributed by atoms with Gasteiger partial charge < -0.3 is 10.4 Å². The maximum Gasteiger partial charge on any atom is 0.0733 e. The van der Waals surface area contributed by atoms with Gasteiger partial charge in [-0.1, -0.05) is 34.5 Å². The van der Waals surface area contributed by atoms with Crippen molar-refractivity contribution in [1.82, 2.24) is 5.32 Å². The Labute approximate surface area is 105 Å². The van der Waals surface area contributed by atoms with Crippen LogP contribution in [0, 0.1) is 0 Å². The normalized spacial score (nSPS) is 23.0. The smallest absolute Gasteiger partial charge is 0.0733 e. The number of halogens is 1. The fourth-order valence-corrected chi connectivity index (χ4v) is 2.70. The molecule has 1 fully saturated rings. The highest BCUT2D eigenvalue weighted by molar-refractivity contribution is 9.10. The third-order valence-corrected chi connectivity index (χ3v) is 3.64. The zero-order valence-corrected chi connectivity index (χ0v) is 10.9. The summed E-state index contributed by atoms with van der Waals surface area (Å²) in [5.74, 6) is 0. The molecule has 0 saturated carbocycles. The largest absolute Gasteiger partial charge is 0.391 e. The number of aliphatic hydroxyl groups is 1. The summed E-state index contributed by atoms with van der Waals surface area (Å²) in [6.07, 6.45) is 4.02. The van der Waals surface area contributed by atoms with Crippen LogP contribution in [0.15, 0.2) is 28.7 Å². The van der Waals surface area contributed by atoms with E-state index in [-0.39, 0.29) is 12.1 Å². The Hall–Kier alpha value is -0.380. The number of hydrogen-bond acceptors (Lipinski definition) is 2. The average molecular weight is 284 g/mol. The fraction of sp³-hybridized carbons (Fsp3) is 0.538. The van der Waals surface area contributed by atoms with E-state index in [1.807, 2.05) is 12.1 Å². The molecule has 0 bridgehead atoms. The molecule has 88 valence electrons. The van der Waals surface area contributed by atoms with Gasteiger partial charge in [0.1, 0.15) is 0 Å². The molecular formula is C13H18BrNO. The van der Waals surface area contributed by atoms with E-state index in [1.54, 1.807) is 0 Å². The van der Waals surface area contributed by atoms with Gasteiger partial charge in [-0.25, -0.2) is 0 Å². The van der Waals surface area contributed by atoms with Gasteiger partial charge in [-0.15, -0.1) is 0 Å². The first-order valence-electron chi connectivity index (χ1n) is 5.91. The summed E-state index contributed by atoms with van der Waals surface area (Å²) >= 11 is 3.45. The molecule has 3 heteroatoms. The SMILES string of the molecule is OC(Cc1cccc(Br)c1)C1CCCCN1.